The molecule has 0 amide bonds. The van der Waals surface area contributed by atoms with Gasteiger partial charge in [0.15, 0.2) is 5.69 Å². The summed E-state index contributed by atoms with van der Waals surface area (Å²) < 4.78 is 52.1. The van der Waals surface area contributed by atoms with Crippen LogP contribution in [0.4, 0.5) is 17.6 Å². The summed E-state index contributed by atoms with van der Waals surface area (Å²) in [5.74, 6) is -0.763. The topological polar surface area (TPSA) is 50.9 Å². The first kappa shape index (κ1) is 13.8. The van der Waals surface area contributed by atoms with Crippen LogP contribution < -0.4 is 0 Å². The number of aliphatic hydroxyl groups excluding tert-OH is 1. The maximum atomic E-state index is 13.0. The molecular formula is C10H6ClF4N3O. The van der Waals surface area contributed by atoms with Gasteiger partial charge in [0.2, 0.25) is 0 Å². The van der Waals surface area contributed by atoms with Crippen molar-refractivity contribution < 1.29 is 22.7 Å². The van der Waals surface area contributed by atoms with Crippen LogP contribution in [0.25, 0.3) is 5.69 Å². The molecule has 0 saturated carbocycles. The third-order valence-corrected chi connectivity index (χ3v) is 2.60. The first-order valence-corrected chi connectivity index (χ1v) is 5.30. The van der Waals surface area contributed by atoms with E-state index >= 15 is 0 Å². The van der Waals surface area contributed by atoms with Gasteiger partial charge in [0.25, 0.3) is 0 Å². The van der Waals surface area contributed by atoms with E-state index in [2.05, 4.69) is 10.3 Å². The van der Waals surface area contributed by atoms with Crippen molar-refractivity contribution in [1.82, 2.24) is 15.0 Å². The van der Waals surface area contributed by atoms with Crippen molar-refractivity contribution >= 4 is 11.6 Å². The monoisotopic (exact) mass is 295 g/mol. The molecule has 9 heteroatoms. The van der Waals surface area contributed by atoms with Gasteiger partial charge in [0.05, 0.1) is 17.3 Å². The van der Waals surface area contributed by atoms with Gasteiger partial charge in [-0.1, -0.05) is 16.8 Å². The predicted octanol–water partition coefficient (Wildman–Crippen LogP) is 2.57. The second-order valence-corrected chi connectivity index (χ2v) is 3.96. The molecule has 0 aliphatic rings. The molecule has 1 aromatic carbocycles. The minimum absolute atomic E-state index is 0.106. The Labute approximate surface area is 109 Å². The second-order valence-electron chi connectivity index (χ2n) is 3.55. The Kier molecular flexibility index (Phi) is 3.46. The third-order valence-electron chi connectivity index (χ3n) is 2.31. The number of rotatable bonds is 2. The van der Waals surface area contributed by atoms with Crippen LogP contribution in [0.15, 0.2) is 18.2 Å². The van der Waals surface area contributed by atoms with Crippen molar-refractivity contribution in [3.05, 3.63) is 40.4 Å². The van der Waals surface area contributed by atoms with Gasteiger partial charge in [-0.3, -0.25) is 0 Å². The highest BCUT2D eigenvalue weighted by atomic mass is 35.5. The fourth-order valence-electron chi connectivity index (χ4n) is 1.50. The molecule has 2 aromatic rings. The van der Waals surface area contributed by atoms with Gasteiger partial charge in [0.1, 0.15) is 11.5 Å². The van der Waals surface area contributed by atoms with Gasteiger partial charge >= 0.3 is 6.18 Å². The van der Waals surface area contributed by atoms with Gasteiger partial charge in [-0.05, 0) is 18.2 Å². The third kappa shape index (κ3) is 2.54. The summed E-state index contributed by atoms with van der Waals surface area (Å²) in [7, 11) is 0. The van der Waals surface area contributed by atoms with Gasteiger partial charge < -0.3 is 5.11 Å². The van der Waals surface area contributed by atoms with Crippen molar-refractivity contribution in [2.75, 3.05) is 0 Å². The zero-order valence-electron chi connectivity index (χ0n) is 9.12. The lowest BCUT2D eigenvalue weighted by atomic mass is 10.2. The van der Waals surface area contributed by atoms with E-state index < -0.39 is 30.0 Å². The summed E-state index contributed by atoms with van der Waals surface area (Å²) in [5.41, 5.74) is -1.95. The highest BCUT2D eigenvalue weighted by Gasteiger charge is 2.39. The number of aromatic nitrogens is 3. The number of benzene rings is 1. The zero-order chi connectivity index (χ0) is 14.2. The highest BCUT2D eigenvalue weighted by Crippen LogP contribution is 2.33. The first-order chi connectivity index (χ1) is 8.84. The molecule has 0 fully saturated rings. The van der Waals surface area contributed by atoms with E-state index in [9.17, 15) is 17.6 Å². The molecule has 1 N–H and O–H groups in total. The quantitative estimate of drug-likeness (QED) is 0.866. The van der Waals surface area contributed by atoms with E-state index in [1.165, 1.54) is 0 Å². The zero-order valence-corrected chi connectivity index (χ0v) is 9.87. The molecule has 0 aliphatic heterocycles. The fraction of sp³-hybridized carbons (Fsp3) is 0.200. The van der Waals surface area contributed by atoms with Gasteiger partial charge in [-0.25, -0.2) is 9.07 Å². The molecule has 1 aromatic heterocycles. The van der Waals surface area contributed by atoms with Crippen LogP contribution in [0.3, 0.4) is 0 Å². The van der Waals surface area contributed by atoms with E-state index in [0.717, 1.165) is 18.2 Å². The normalized spacial score (nSPS) is 11.9. The molecule has 4 nitrogen and oxygen atoms in total. The van der Waals surface area contributed by atoms with Crippen LogP contribution >= 0.6 is 11.6 Å². The Morgan fingerprint density at radius 3 is 2.53 bits per heavy atom. The average Bonchev–Trinajstić information content (AvgIpc) is 2.76. The molecule has 0 spiro atoms. The smallest absolute Gasteiger partial charge is 0.390 e. The minimum Gasteiger partial charge on any atom is -0.390 e. The van der Waals surface area contributed by atoms with Gasteiger partial charge in [-0.15, -0.1) is 5.10 Å². The Bertz CT molecular complexity index is 611. The predicted molar refractivity (Wildman–Crippen MR) is 57.3 cm³/mol. The van der Waals surface area contributed by atoms with E-state index in [1.54, 1.807) is 0 Å². The van der Waals surface area contributed by atoms with Gasteiger partial charge in [0, 0.05) is 0 Å². The molecule has 0 unspecified atom stereocenters. The van der Waals surface area contributed by atoms with E-state index in [0.29, 0.717) is 4.68 Å². The summed E-state index contributed by atoms with van der Waals surface area (Å²) >= 11 is 5.50. The molecule has 0 atom stereocenters. The lowest BCUT2D eigenvalue weighted by Gasteiger charge is -2.10. The summed E-state index contributed by atoms with van der Waals surface area (Å²) in [5, 5.41) is 15.0. The maximum absolute atomic E-state index is 13.0. The number of halogens is 5. The largest absolute Gasteiger partial charge is 0.435 e. The lowest BCUT2D eigenvalue weighted by molar-refractivity contribution is -0.143. The molecule has 0 bridgehead atoms. The van der Waals surface area contributed by atoms with Crippen LogP contribution in [0, 0.1) is 5.82 Å². The summed E-state index contributed by atoms with van der Waals surface area (Å²) in [4.78, 5) is 0. The summed E-state index contributed by atoms with van der Waals surface area (Å²) in [6, 6.07) is 2.98. The van der Waals surface area contributed by atoms with Crippen molar-refractivity contribution in [2.24, 2.45) is 0 Å². The van der Waals surface area contributed by atoms with Crippen molar-refractivity contribution in [3.63, 3.8) is 0 Å². The number of alkyl halides is 3. The van der Waals surface area contributed by atoms with Gasteiger partial charge in [-0.2, -0.15) is 13.2 Å². The summed E-state index contributed by atoms with van der Waals surface area (Å²) in [6.45, 7) is -0.913. The van der Waals surface area contributed by atoms with Crippen molar-refractivity contribution in [2.45, 2.75) is 12.8 Å². The fourth-order valence-corrected chi connectivity index (χ4v) is 1.68. The van der Waals surface area contributed by atoms with E-state index in [1.807, 2.05) is 0 Å². The van der Waals surface area contributed by atoms with E-state index in [4.69, 9.17) is 16.7 Å². The molecule has 0 aliphatic carbocycles. The number of hydrogen-bond donors (Lipinski definition) is 1. The molecule has 19 heavy (non-hydrogen) atoms. The average molecular weight is 296 g/mol. The minimum atomic E-state index is -4.76. The standard InChI is InChI=1S/C10H6ClF4N3O/c11-6-3-5(1-2-7(6)12)18-9(10(13,14)15)8(4-19)16-17-18/h1-3,19H,4H2. The SMILES string of the molecule is OCc1nnn(-c2ccc(F)c(Cl)c2)c1C(F)(F)F. The van der Waals surface area contributed by atoms with Crippen LogP contribution in [-0.2, 0) is 12.8 Å². The van der Waals surface area contributed by atoms with Crippen LogP contribution in [0.2, 0.25) is 5.02 Å². The molecule has 102 valence electrons. The Morgan fingerprint density at radius 1 is 1.32 bits per heavy atom. The Hall–Kier alpha value is -1.67. The number of hydrogen-bond acceptors (Lipinski definition) is 3. The Balaban J connectivity index is 2.62. The van der Waals surface area contributed by atoms with Crippen LogP contribution in [0.1, 0.15) is 11.4 Å². The van der Waals surface area contributed by atoms with Crippen molar-refractivity contribution in [1.29, 1.82) is 0 Å². The molecule has 1 heterocycles. The lowest BCUT2D eigenvalue weighted by Crippen LogP contribution is -2.15. The highest BCUT2D eigenvalue weighted by molar-refractivity contribution is 6.30. The molecule has 0 saturated heterocycles. The first-order valence-electron chi connectivity index (χ1n) is 4.92. The Morgan fingerprint density at radius 2 is 2.00 bits per heavy atom. The summed E-state index contributed by atoms with van der Waals surface area (Å²) in [6.07, 6.45) is -4.76. The second kappa shape index (κ2) is 4.78. The molecular weight excluding hydrogens is 290 g/mol. The number of aliphatic hydroxyl groups is 1. The number of nitrogens with zero attached hydrogens (tertiary/aromatic N) is 3. The molecule has 2 rings (SSSR count). The maximum Gasteiger partial charge on any atom is 0.435 e. The molecule has 0 radical (unpaired) electrons. The van der Waals surface area contributed by atoms with Crippen molar-refractivity contribution in [3.8, 4) is 5.69 Å². The van der Waals surface area contributed by atoms with Crippen LogP contribution in [-0.4, -0.2) is 20.1 Å². The van der Waals surface area contributed by atoms with E-state index in [-0.39, 0.29) is 10.7 Å². The van der Waals surface area contributed by atoms with Crippen LogP contribution in [0.5, 0.6) is 0 Å².